The summed E-state index contributed by atoms with van der Waals surface area (Å²) in [4.78, 5) is 12.0. The summed E-state index contributed by atoms with van der Waals surface area (Å²) in [7, 11) is 1.73. The van der Waals surface area contributed by atoms with Crippen LogP contribution in [0.5, 0.6) is 5.75 Å². The molecule has 1 fully saturated rings. The highest BCUT2D eigenvalue weighted by Gasteiger charge is 2.28. The van der Waals surface area contributed by atoms with E-state index in [-0.39, 0.29) is 17.6 Å². The lowest BCUT2D eigenvalue weighted by molar-refractivity contribution is 0.0505. The summed E-state index contributed by atoms with van der Waals surface area (Å²) in [6, 6.07) is 6.86. The van der Waals surface area contributed by atoms with Gasteiger partial charge in [0.05, 0.1) is 6.61 Å². The summed E-state index contributed by atoms with van der Waals surface area (Å²) in [5.74, 6) is 0.941. The number of nitrogens with one attached hydrogen (secondary N) is 2. The van der Waals surface area contributed by atoms with Crippen LogP contribution < -0.4 is 15.4 Å². The van der Waals surface area contributed by atoms with Crippen molar-refractivity contribution in [1.82, 2.24) is 5.32 Å². The first-order chi connectivity index (χ1) is 14.5. The van der Waals surface area contributed by atoms with Gasteiger partial charge in [-0.1, -0.05) is 26.8 Å². The Morgan fingerprint density at radius 1 is 1.03 bits per heavy atom. The number of carbonyl (C=O) groups excluding carboxylic acids is 1. The fourth-order valence-corrected chi connectivity index (χ4v) is 3.84. The molecule has 0 spiro atoms. The highest BCUT2D eigenvalue weighted by molar-refractivity contribution is 5.68. The number of unbranched alkanes of at least 4 members (excludes halogenated alkanes) is 1. The first-order valence-electron chi connectivity index (χ1n) is 11.5. The van der Waals surface area contributed by atoms with Crippen molar-refractivity contribution in [3.63, 3.8) is 0 Å². The molecule has 2 N–H and O–H groups in total. The second-order valence-corrected chi connectivity index (χ2v) is 10.5. The molecule has 0 saturated heterocycles. The van der Waals surface area contributed by atoms with Crippen LogP contribution in [0, 0.1) is 0 Å². The Labute approximate surface area is 188 Å². The molecule has 1 aromatic carbocycles. The Bertz CT molecular complexity index is 706. The molecule has 176 valence electrons. The molecule has 1 aliphatic carbocycles. The van der Waals surface area contributed by atoms with Gasteiger partial charge in [-0.15, -0.1) is 0 Å². The van der Waals surface area contributed by atoms with Crippen LogP contribution in [0.2, 0.25) is 0 Å². The molecule has 6 nitrogen and oxygen atoms in total. The third kappa shape index (κ3) is 8.98. The van der Waals surface area contributed by atoms with Crippen LogP contribution in [-0.4, -0.2) is 44.1 Å². The Balaban J connectivity index is 1.95. The maximum absolute atomic E-state index is 12.0. The van der Waals surface area contributed by atoms with Gasteiger partial charge in [-0.2, -0.15) is 0 Å². The van der Waals surface area contributed by atoms with E-state index in [1.54, 1.807) is 7.11 Å². The number of methoxy groups -OCH3 is 1. The van der Waals surface area contributed by atoms with E-state index >= 15 is 0 Å². The molecule has 0 aromatic heterocycles. The van der Waals surface area contributed by atoms with Gasteiger partial charge in [0, 0.05) is 37.6 Å². The summed E-state index contributed by atoms with van der Waals surface area (Å²) in [5, 5.41) is 6.63. The molecule has 1 aliphatic rings. The van der Waals surface area contributed by atoms with Crippen LogP contribution >= 0.6 is 0 Å². The molecular weight excluding hydrogens is 392 g/mol. The zero-order valence-corrected chi connectivity index (χ0v) is 20.5. The fourth-order valence-electron chi connectivity index (χ4n) is 3.84. The van der Waals surface area contributed by atoms with Crippen LogP contribution in [-0.2, 0) is 14.9 Å². The quantitative estimate of drug-likeness (QED) is 0.492. The lowest BCUT2D eigenvalue weighted by Gasteiger charge is -2.24. The van der Waals surface area contributed by atoms with E-state index in [2.05, 4.69) is 49.6 Å². The molecule has 0 bridgehead atoms. The van der Waals surface area contributed by atoms with Crippen molar-refractivity contribution < 1.29 is 19.0 Å². The molecular formula is C25H42N2O4. The normalized spacial score (nSPS) is 19.2. The van der Waals surface area contributed by atoms with Crippen molar-refractivity contribution >= 4 is 11.8 Å². The first kappa shape index (κ1) is 25.3. The fraction of sp³-hybridized carbons (Fsp3) is 0.720. The minimum Gasteiger partial charge on any atom is -0.493 e. The van der Waals surface area contributed by atoms with Gasteiger partial charge >= 0.3 is 6.09 Å². The number of anilines is 1. The minimum atomic E-state index is -0.477. The highest BCUT2D eigenvalue weighted by Crippen LogP contribution is 2.34. The van der Waals surface area contributed by atoms with Gasteiger partial charge in [-0.05, 0) is 69.9 Å². The van der Waals surface area contributed by atoms with Gasteiger partial charge in [0.1, 0.15) is 11.4 Å². The van der Waals surface area contributed by atoms with Crippen LogP contribution in [0.3, 0.4) is 0 Å². The van der Waals surface area contributed by atoms with E-state index in [0.29, 0.717) is 12.6 Å². The number of hydrogen-bond donors (Lipinski definition) is 2. The second-order valence-electron chi connectivity index (χ2n) is 10.5. The molecule has 2 atom stereocenters. The second kappa shape index (κ2) is 11.1. The Kier molecular flexibility index (Phi) is 9.04. The van der Waals surface area contributed by atoms with Crippen LogP contribution in [0.1, 0.15) is 79.2 Å². The molecule has 0 heterocycles. The van der Waals surface area contributed by atoms with Crippen molar-refractivity contribution in [2.75, 3.05) is 25.6 Å². The summed E-state index contributed by atoms with van der Waals surface area (Å²) in [6.07, 6.45) is 4.46. The summed E-state index contributed by atoms with van der Waals surface area (Å²) < 4.78 is 16.7. The van der Waals surface area contributed by atoms with Crippen molar-refractivity contribution in [1.29, 1.82) is 0 Å². The largest absolute Gasteiger partial charge is 0.493 e. The van der Waals surface area contributed by atoms with E-state index in [1.807, 2.05) is 20.8 Å². The van der Waals surface area contributed by atoms with Gasteiger partial charge in [0.15, 0.2) is 0 Å². The van der Waals surface area contributed by atoms with Gasteiger partial charge in [0.25, 0.3) is 0 Å². The number of ether oxygens (including phenoxy) is 3. The first-order valence-corrected chi connectivity index (χ1v) is 11.5. The standard InChI is InChI=1S/C25H42N2O4/c1-24(2,3)21-13-12-20(17-22(21)30-15-9-8-14-29-7)26-18-10-11-19(16-18)27-23(28)31-25(4,5)6/h12-13,17-19,26H,8-11,14-16H2,1-7H3,(H,27,28). The predicted molar refractivity (Wildman–Crippen MR) is 126 cm³/mol. The number of hydrogen-bond acceptors (Lipinski definition) is 5. The number of amides is 1. The monoisotopic (exact) mass is 434 g/mol. The highest BCUT2D eigenvalue weighted by atomic mass is 16.6. The van der Waals surface area contributed by atoms with E-state index in [4.69, 9.17) is 14.2 Å². The van der Waals surface area contributed by atoms with Gasteiger partial charge in [-0.3, -0.25) is 0 Å². The number of alkyl carbamates (subject to hydrolysis) is 1. The Morgan fingerprint density at radius 3 is 2.35 bits per heavy atom. The molecule has 31 heavy (non-hydrogen) atoms. The van der Waals surface area contributed by atoms with E-state index in [0.717, 1.165) is 50.1 Å². The molecule has 1 saturated carbocycles. The van der Waals surface area contributed by atoms with E-state index in [1.165, 1.54) is 5.56 Å². The van der Waals surface area contributed by atoms with Gasteiger partial charge < -0.3 is 24.8 Å². The molecule has 0 aliphatic heterocycles. The predicted octanol–water partition coefficient (Wildman–Crippen LogP) is 5.65. The SMILES string of the molecule is COCCCCOc1cc(NC2CCC(NC(=O)OC(C)(C)C)C2)ccc1C(C)(C)C. The average Bonchev–Trinajstić information content (AvgIpc) is 3.05. The number of carbonyl (C=O) groups is 1. The maximum Gasteiger partial charge on any atom is 0.407 e. The Morgan fingerprint density at radius 2 is 1.71 bits per heavy atom. The molecule has 2 unspecified atom stereocenters. The lowest BCUT2D eigenvalue weighted by atomic mass is 9.86. The van der Waals surface area contributed by atoms with Crippen LogP contribution in [0.25, 0.3) is 0 Å². The van der Waals surface area contributed by atoms with Crippen molar-refractivity contribution in [3.8, 4) is 5.75 Å². The number of rotatable bonds is 9. The summed E-state index contributed by atoms with van der Waals surface area (Å²) in [6.45, 7) is 13.7. The molecule has 0 radical (unpaired) electrons. The van der Waals surface area contributed by atoms with E-state index in [9.17, 15) is 4.79 Å². The average molecular weight is 435 g/mol. The maximum atomic E-state index is 12.0. The molecule has 1 amide bonds. The summed E-state index contributed by atoms with van der Waals surface area (Å²) in [5.41, 5.74) is 1.80. The Hall–Kier alpha value is -1.95. The molecule has 1 aromatic rings. The van der Waals surface area contributed by atoms with Gasteiger partial charge in [-0.25, -0.2) is 4.79 Å². The molecule has 6 heteroatoms. The van der Waals surface area contributed by atoms with Crippen LogP contribution in [0.4, 0.5) is 10.5 Å². The van der Waals surface area contributed by atoms with Crippen molar-refractivity contribution in [2.24, 2.45) is 0 Å². The van der Waals surface area contributed by atoms with Gasteiger partial charge in [0.2, 0.25) is 0 Å². The number of benzene rings is 1. The van der Waals surface area contributed by atoms with Crippen molar-refractivity contribution in [3.05, 3.63) is 23.8 Å². The molecule has 2 rings (SSSR count). The minimum absolute atomic E-state index is 0.0101. The smallest absolute Gasteiger partial charge is 0.407 e. The summed E-state index contributed by atoms with van der Waals surface area (Å²) >= 11 is 0. The third-order valence-corrected chi connectivity index (χ3v) is 5.31. The van der Waals surface area contributed by atoms with Crippen molar-refractivity contribution in [2.45, 2.75) is 96.7 Å². The van der Waals surface area contributed by atoms with E-state index < -0.39 is 5.60 Å². The topological polar surface area (TPSA) is 68.8 Å². The van der Waals surface area contributed by atoms with Crippen LogP contribution in [0.15, 0.2) is 18.2 Å². The third-order valence-electron chi connectivity index (χ3n) is 5.31. The lowest BCUT2D eigenvalue weighted by Crippen LogP contribution is -2.38. The zero-order valence-electron chi connectivity index (χ0n) is 20.5. The zero-order chi connectivity index (χ0) is 23.1.